The molecule has 314 valence electrons. The Balaban J connectivity index is 1.77. The molecule has 23 nitrogen and oxygen atoms in total. The zero-order valence-corrected chi connectivity index (χ0v) is 29.7. The second kappa shape index (κ2) is 18.3. The Morgan fingerprint density at radius 2 is 0.870 bits per heavy atom. The molecule has 23 heteroatoms. The van der Waals surface area contributed by atoms with Crippen molar-refractivity contribution in [3.63, 3.8) is 0 Å². The minimum absolute atomic E-state index is 0.590. The van der Waals surface area contributed by atoms with Gasteiger partial charge in [0.15, 0.2) is 0 Å². The maximum Gasteiger partial charge on any atom is 0.364 e. The first-order chi connectivity index (χ1) is 25.0. The molecule has 0 saturated carbocycles. The van der Waals surface area contributed by atoms with E-state index < -0.39 is 172 Å². The fraction of sp³-hybridized carbons (Fsp3) is 0.903. The van der Waals surface area contributed by atoms with Gasteiger partial charge in [-0.2, -0.15) is 0 Å². The van der Waals surface area contributed by atoms with Crippen molar-refractivity contribution in [3.8, 4) is 0 Å². The summed E-state index contributed by atoms with van der Waals surface area (Å²) in [7, 11) is 0. The number of carboxylic acid groups (broad SMARTS) is 3. The predicted octanol–water partition coefficient (Wildman–Crippen LogP) is -6.19. The molecular weight excluding hydrogens is 738 g/mol. The van der Waals surface area contributed by atoms with Crippen LogP contribution in [0.1, 0.15) is 40.0 Å². The van der Waals surface area contributed by atoms with E-state index in [1.54, 1.807) is 0 Å². The number of rotatable bonds is 18. The van der Waals surface area contributed by atoms with E-state index in [0.717, 1.165) is 0 Å². The minimum Gasteiger partial charge on any atom is -0.477 e. The van der Waals surface area contributed by atoms with Crippen molar-refractivity contribution < 1.29 is 109 Å². The van der Waals surface area contributed by atoms with Gasteiger partial charge in [-0.05, 0) is 0 Å². The molecule has 3 rings (SSSR count). The van der Waals surface area contributed by atoms with Crippen LogP contribution < -0.4 is 5.73 Å². The van der Waals surface area contributed by atoms with Crippen LogP contribution in [-0.2, 0) is 42.8 Å². The Hall–Kier alpha value is -2.27. The molecule has 0 amide bonds. The number of nitrogens with two attached hydrogens (primary N) is 1. The van der Waals surface area contributed by atoms with Crippen molar-refractivity contribution in [1.29, 1.82) is 0 Å². The summed E-state index contributed by atoms with van der Waals surface area (Å²) in [6.45, 7) is 0.263. The SMILES string of the molecule is C[C@H]1[C@H]([C@H](O)[C@H](O)COC2(C(=O)O)C[C@@H](O)[C@@H](C)[C@H]([C@H](O)[C@H](O)COC3(C(=O)O)CC(O)[C@@H](C)[C@H]([C@H](O)[C@H](O)CO)O3)O2)OC(OCN)(C(=O)O)C[C@H]1O. The fourth-order valence-corrected chi connectivity index (χ4v) is 6.72. The molecule has 4 unspecified atom stereocenters. The van der Waals surface area contributed by atoms with Gasteiger partial charge in [0.25, 0.3) is 17.4 Å². The van der Waals surface area contributed by atoms with Gasteiger partial charge in [0.1, 0.15) is 36.6 Å². The van der Waals surface area contributed by atoms with Gasteiger partial charge < -0.3 is 101 Å². The smallest absolute Gasteiger partial charge is 0.364 e. The van der Waals surface area contributed by atoms with Crippen LogP contribution in [0.2, 0.25) is 0 Å². The summed E-state index contributed by atoms with van der Waals surface area (Å²) in [5, 5.41) is 135. The van der Waals surface area contributed by atoms with Crippen LogP contribution in [-0.4, -0.2) is 201 Å². The molecule has 0 aromatic carbocycles. The normalized spacial score (nSPS) is 40.9. The Morgan fingerprint density at radius 3 is 1.13 bits per heavy atom. The lowest BCUT2D eigenvalue weighted by molar-refractivity contribution is -0.337. The van der Waals surface area contributed by atoms with Gasteiger partial charge in [0, 0.05) is 37.0 Å². The van der Waals surface area contributed by atoms with Crippen LogP contribution in [0.3, 0.4) is 0 Å². The first-order valence-electron chi connectivity index (χ1n) is 17.1. The number of carbonyl (C=O) groups is 3. The Kier molecular flexibility index (Phi) is 15.7. The number of aliphatic hydroxyl groups excluding tert-OH is 10. The zero-order chi connectivity index (χ0) is 41.1. The molecule has 0 bridgehead atoms. The van der Waals surface area contributed by atoms with E-state index in [0.29, 0.717) is 0 Å². The standard InChI is InChI=1S/C31H53NO22/c1-11-14(34)4-29(26(43)44,52-23(11)20(40)17(37)7-33)49-8-18(38)21(41)24-12(2)15(35)5-30(53-24,27(45)46)50-9-19(39)22(42)25-13(3)16(36)6-31(54-25,28(47)48)51-10-32/h11-25,33-42H,4-10,32H2,1-3H3,(H,43,44)(H,45,46)(H,47,48)/t11-,12-,13-,14?,15-,16-,17-,18-,19-,20-,21-,22-,23-,24-,25-,29?,30?,31?/m1/s1. The minimum atomic E-state index is -2.86. The molecule has 0 aromatic heterocycles. The van der Waals surface area contributed by atoms with E-state index in [9.17, 15) is 80.8 Å². The van der Waals surface area contributed by atoms with Crippen LogP contribution >= 0.6 is 0 Å². The van der Waals surface area contributed by atoms with Gasteiger partial charge in [-0.1, -0.05) is 20.8 Å². The number of aliphatic carboxylic acids is 3. The second-order valence-corrected chi connectivity index (χ2v) is 14.1. The number of hydrogen-bond donors (Lipinski definition) is 14. The average molecular weight is 792 g/mol. The van der Waals surface area contributed by atoms with Gasteiger partial charge in [-0.15, -0.1) is 0 Å². The van der Waals surface area contributed by atoms with Crippen LogP contribution in [0.5, 0.6) is 0 Å². The van der Waals surface area contributed by atoms with Crippen molar-refractivity contribution in [1.82, 2.24) is 0 Å². The lowest BCUT2D eigenvalue weighted by Gasteiger charge is -2.47. The molecule has 3 aliphatic rings. The first kappa shape index (κ1) is 46.1. The van der Waals surface area contributed by atoms with Gasteiger partial charge in [-0.25, -0.2) is 14.4 Å². The third-order valence-corrected chi connectivity index (χ3v) is 10.4. The molecule has 0 radical (unpaired) electrons. The summed E-state index contributed by atoms with van der Waals surface area (Å²) in [5.74, 6) is -16.7. The van der Waals surface area contributed by atoms with Crippen molar-refractivity contribution in [2.45, 2.75) is 131 Å². The average Bonchev–Trinajstić information content (AvgIpc) is 3.12. The van der Waals surface area contributed by atoms with Crippen LogP contribution in [0.15, 0.2) is 0 Å². The summed E-state index contributed by atoms with van der Waals surface area (Å²) >= 11 is 0. The van der Waals surface area contributed by atoms with Crippen molar-refractivity contribution in [2.75, 3.05) is 26.6 Å². The molecule has 0 aliphatic carbocycles. The number of ether oxygens (including phenoxy) is 6. The van der Waals surface area contributed by atoms with E-state index in [4.69, 9.17) is 34.2 Å². The molecule has 3 aliphatic heterocycles. The molecular formula is C31H53NO22. The quantitative estimate of drug-likeness (QED) is 0.0574. The topological polar surface area (TPSA) is 396 Å². The summed E-state index contributed by atoms with van der Waals surface area (Å²) in [6.07, 6.45) is -23.9. The predicted molar refractivity (Wildman–Crippen MR) is 170 cm³/mol. The van der Waals surface area contributed by atoms with E-state index in [1.165, 1.54) is 20.8 Å². The summed E-state index contributed by atoms with van der Waals surface area (Å²) in [5.41, 5.74) is 5.32. The summed E-state index contributed by atoms with van der Waals surface area (Å²) in [6, 6.07) is 0. The second-order valence-electron chi connectivity index (χ2n) is 14.1. The number of hydrogen-bond acceptors (Lipinski definition) is 20. The molecule has 15 N–H and O–H groups in total. The zero-order valence-electron chi connectivity index (χ0n) is 29.7. The highest BCUT2D eigenvalue weighted by atomic mass is 16.7. The van der Waals surface area contributed by atoms with Crippen molar-refractivity contribution >= 4 is 17.9 Å². The van der Waals surface area contributed by atoms with Gasteiger partial charge in [-0.3, -0.25) is 0 Å². The van der Waals surface area contributed by atoms with E-state index in [-0.39, 0.29) is 0 Å². The third-order valence-electron chi connectivity index (χ3n) is 10.4. The largest absolute Gasteiger partial charge is 0.477 e. The van der Waals surface area contributed by atoms with Crippen LogP contribution in [0, 0.1) is 17.8 Å². The summed E-state index contributed by atoms with van der Waals surface area (Å²) in [4.78, 5) is 36.9. The van der Waals surface area contributed by atoms with E-state index in [2.05, 4.69) is 0 Å². The number of carboxylic acids is 3. The Morgan fingerprint density at radius 1 is 0.593 bits per heavy atom. The highest BCUT2D eigenvalue weighted by Gasteiger charge is 2.58. The molecule has 3 fully saturated rings. The fourth-order valence-electron chi connectivity index (χ4n) is 6.72. The lowest BCUT2D eigenvalue weighted by Crippen LogP contribution is -2.63. The van der Waals surface area contributed by atoms with E-state index in [1.807, 2.05) is 0 Å². The number of aliphatic hydroxyl groups is 10. The van der Waals surface area contributed by atoms with Gasteiger partial charge in [0.2, 0.25) is 0 Å². The maximum absolute atomic E-state index is 12.6. The van der Waals surface area contributed by atoms with Crippen LogP contribution in [0.25, 0.3) is 0 Å². The van der Waals surface area contributed by atoms with Gasteiger partial charge >= 0.3 is 17.9 Å². The molecule has 3 heterocycles. The lowest BCUT2D eigenvalue weighted by atomic mass is 9.84. The first-order valence-corrected chi connectivity index (χ1v) is 17.1. The Bertz CT molecular complexity index is 1280. The molecule has 0 aromatic rings. The Labute approximate surface area is 308 Å². The van der Waals surface area contributed by atoms with Crippen molar-refractivity contribution in [2.24, 2.45) is 23.5 Å². The molecule has 3 saturated heterocycles. The third kappa shape index (κ3) is 9.46. The molecule has 0 spiro atoms. The highest BCUT2D eigenvalue weighted by molar-refractivity contribution is 5.77. The maximum atomic E-state index is 12.6. The molecule has 18 atom stereocenters. The molecule has 54 heavy (non-hydrogen) atoms. The van der Waals surface area contributed by atoms with E-state index >= 15 is 0 Å². The van der Waals surface area contributed by atoms with Crippen molar-refractivity contribution in [3.05, 3.63) is 0 Å². The van der Waals surface area contributed by atoms with Gasteiger partial charge in [0.05, 0.1) is 63.2 Å². The summed E-state index contributed by atoms with van der Waals surface area (Å²) < 4.78 is 32.3. The monoisotopic (exact) mass is 791 g/mol. The highest BCUT2D eigenvalue weighted by Crippen LogP contribution is 2.40. The van der Waals surface area contributed by atoms with Crippen LogP contribution in [0.4, 0.5) is 0 Å².